The predicted octanol–water partition coefficient (Wildman–Crippen LogP) is 5.11. The third-order valence-corrected chi connectivity index (χ3v) is 5.79. The molecule has 28 heavy (non-hydrogen) atoms. The number of anilines is 1. The SMILES string of the molecule is FC1=CN2C(=C3C(=C4C=CC=CB4c4ccccc43)c3ccc(F)cc32)C=C1. The van der Waals surface area contributed by atoms with E-state index < -0.39 is 0 Å². The number of benzene rings is 2. The first-order valence-electron chi connectivity index (χ1n) is 9.30. The first kappa shape index (κ1) is 15.6. The minimum atomic E-state index is -0.349. The molecule has 0 spiro atoms. The van der Waals surface area contributed by atoms with Gasteiger partial charge in [0, 0.05) is 17.3 Å². The normalized spacial score (nSPS) is 18.4. The second-order valence-corrected chi connectivity index (χ2v) is 7.28. The van der Waals surface area contributed by atoms with Gasteiger partial charge in [-0.1, -0.05) is 53.4 Å². The molecule has 0 atom stereocenters. The van der Waals surface area contributed by atoms with Crippen molar-refractivity contribution in [1.82, 2.24) is 0 Å². The van der Waals surface area contributed by atoms with E-state index >= 15 is 0 Å². The molecule has 0 fully saturated rings. The third-order valence-electron chi connectivity index (χ3n) is 5.79. The summed E-state index contributed by atoms with van der Waals surface area (Å²) in [5.41, 5.74) is 8.21. The van der Waals surface area contributed by atoms with Gasteiger partial charge in [0.05, 0.1) is 11.4 Å². The van der Waals surface area contributed by atoms with Crippen molar-refractivity contribution in [3.8, 4) is 0 Å². The Morgan fingerprint density at radius 2 is 1.71 bits per heavy atom. The summed E-state index contributed by atoms with van der Waals surface area (Å²) < 4.78 is 28.3. The van der Waals surface area contributed by atoms with E-state index in [-0.39, 0.29) is 18.4 Å². The number of hydrogen-bond donors (Lipinski definition) is 0. The van der Waals surface area contributed by atoms with E-state index in [1.54, 1.807) is 11.0 Å². The van der Waals surface area contributed by atoms with Gasteiger partial charge in [0.1, 0.15) is 11.6 Å². The van der Waals surface area contributed by atoms with Crippen LogP contribution in [0.4, 0.5) is 14.5 Å². The lowest BCUT2D eigenvalue weighted by Gasteiger charge is -2.40. The maximum Gasteiger partial charge on any atom is 0.235 e. The van der Waals surface area contributed by atoms with Crippen LogP contribution in [0.3, 0.4) is 0 Å². The second kappa shape index (κ2) is 5.55. The summed E-state index contributed by atoms with van der Waals surface area (Å²) in [6, 6.07) is 13.1. The van der Waals surface area contributed by atoms with E-state index in [0.717, 1.165) is 28.0 Å². The summed E-state index contributed by atoms with van der Waals surface area (Å²) in [6.45, 7) is 0.157. The van der Waals surface area contributed by atoms with Crippen LogP contribution in [-0.4, -0.2) is 6.71 Å². The van der Waals surface area contributed by atoms with Crippen LogP contribution in [0.25, 0.3) is 11.1 Å². The number of nitrogens with zero attached hydrogens (tertiary/aromatic N) is 1. The molecule has 0 N–H and O–H groups in total. The fourth-order valence-electron chi connectivity index (χ4n) is 4.68. The van der Waals surface area contributed by atoms with Crippen LogP contribution in [0.5, 0.6) is 0 Å². The van der Waals surface area contributed by atoms with E-state index in [1.165, 1.54) is 35.3 Å². The first-order chi connectivity index (χ1) is 13.7. The largest absolute Gasteiger partial charge is 0.313 e. The Bertz CT molecular complexity index is 1240. The molecule has 4 heteroatoms. The smallest absolute Gasteiger partial charge is 0.235 e. The Morgan fingerprint density at radius 1 is 0.821 bits per heavy atom. The molecule has 4 aliphatic rings. The zero-order valence-corrected chi connectivity index (χ0v) is 14.9. The molecule has 1 nitrogen and oxygen atoms in total. The van der Waals surface area contributed by atoms with Crippen molar-refractivity contribution in [3.05, 3.63) is 119 Å². The molecule has 4 aliphatic heterocycles. The zero-order chi connectivity index (χ0) is 18.8. The van der Waals surface area contributed by atoms with Crippen molar-refractivity contribution in [2.45, 2.75) is 0 Å². The maximum atomic E-state index is 14.1. The van der Waals surface area contributed by atoms with Gasteiger partial charge in [-0.05, 0) is 41.5 Å². The predicted molar refractivity (Wildman–Crippen MR) is 111 cm³/mol. The van der Waals surface area contributed by atoms with Gasteiger partial charge in [-0.2, -0.15) is 0 Å². The highest BCUT2D eigenvalue weighted by molar-refractivity contribution is 6.87. The van der Waals surface area contributed by atoms with Gasteiger partial charge in [-0.15, -0.1) is 5.98 Å². The molecule has 0 saturated carbocycles. The van der Waals surface area contributed by atoms with Crippen molar-refractivity contribution >= 4 is 29.0 Å². The van der Waals surface area contributed by atoms with Gasteiger partial charge in [-0.3, -0.25) is 0 Å². The first-order valence-corrected chi connectivity index (χ1v) is 9.30. The topological polar surface area (TPSA) is 3.24 Å². The quantitative estimate of drug-likeness (QED) is 0.587. The van der Waals surface area contributed by atoms with Gasteiger partial charge in [-0.25, -0.2) is 8.78 Å². The number of hydrogen-bond acceptors (Lipinski definition) is 1. The lowest BCUT2D eigenvalue weighted by Crippen LogP contribution is -2.40. The highest BCUT2D eigenvalue weighted by atomic mass is 19.1. The van der Waals surface area contributed by atoms with Gasteiger partial charge in [0.25, 0.3) is 0 Å². The number of fused-ring (bicyclic) bond motifs is 9. The average Bonchev–Trinajstić information content (AvgIpc) is 2.73. The van der Waals surface area contributed by atoms with E-state index in [1.807, 2.05) is 18.2 Å². The lowest BCUT2D eigenvalue weighted by molar-refractivity contribution is 0.627. The number of halogens is 2. The maximum absolute atomic E-state index is 14.1. The Hall–Kier alpha value is -3.40. The van der Waals surface area contributed by atoms with Crippen LogP contribution in [-0.2, 0) is 0 Å². The third kappa shape index (κ3) is 2.00. The Labute approximate surface area is 162 Å². The monoisotopic (exact) mass is 365 g/mol. The van der Waals surface area contributed by atoms with E-state index in [2.05, 4.69) is 36.3 Å². The molecule has 0 aromatic heterocycles. The van der Waals surface area contributed by atoms with Crippen molar-refractivity contribution in [3.63, 3.8) is 0 Å². The summed E-state index contributed by atoms with van der Waals surface area (Å²) in [6.07, 6.45) is 11.0. The van der Waals surface area contributed by atoms with Crippen molar-refractivity contribution in [1.29, 1.82) is 0 Å². The summed E-state index contributed by atoms with van der Waals surface area (Å²) in [5.74, 6) is 1.52. The molecule has 0 aliphatic carbocycles. The number of rotatable bonds is 0. The molecule has 6 rings (SSSR count). The van der Waals surface area contributed by atoms with Crippen LogP contribution >= 0.6 is 0 Å². The molecule has 0 saturated heterocycles. The standard InChI is InChI=1S/C24H14BF2N/c26-15-8-10-18-22(13-15)28-14-16(27)9-11-21(28)24-17-5-1-2-6-19(17)25-12-4-3-7-20(25)23(18)24/h1-14H. The molecule has 4 heterocycles. The molecule has 2 aromatic carbocycles. The highest BCUT2D eigenvalue weighted by Gasteiger charge is 2.38. The van der Waals surface area contributed by atoms with Gasteiger partial charge >= 0.3 is 0 Å². The van der Waals surface area contributed by atoms with E-state index in [0.29, 0.717) is 5.69 Å². The van der Waals surface area contributed by atoms with Crippen LogP contribution in [0.15, 0.2) is 102 Å². The number of allylic oxidation sites excluding steroid dienone is 9. The molecule has 0 unspecified atom stereocenters. The van der Waals surface area contributed by atoms with Gasteiger partial charge < -0.3 is 4.90 Å². The van der Waals surface area contributed by atoms with E-state index in [9.17, 15) is 8.78 Å². The summed E-state index contributed by atoms with van der Waals surface area (Å²) >= 11 is 0. The van der Waals surface area contributed by atoms with Crippen LogP contribution < -0.4 is 10.4 Å². The fourth-order valence-corrected chi connectivity index (χ4v) is 4.68. The molecule has 2 aromatic rings. The van der Waals surface area contributed by atoms with Crippen LogP contribution in [0.1, 0.15) is 11.1 Å². The Balaban J connectivity index is 1.78. The molecule has 0 amide bonds. The zero-order valence-electron chi connectivity index (χ0n) is 14.9. The molecule has 0 radical (unpaired) electrons. The summed E-state index contributed by atoms with van der Waals surface area (Å²) in [5, 5.41) is 0. The Kier molecular flexibility index (Phi) is 3.10. The van der Waals surface area contributed by atoms with Crippen LogP contribution in [0, 0.1) is 5.82 Å². The second-order valence-electron chi connectivity index (χ2n) is 7.28. The fraction of sp³-hybridized carbons (Fsp3) is 0. The summed E-state index contributed by atoms with van der Waals surface area (Å²) in [7, 11) is 0. The summed E-state index contributed by atoms with van der Waals surface area (Å²) in [4.78, 5) is 1.77. The minimum Gasteiger partial charge on any atom is -0.313 e. The van der Waals surface area contributed by atoms with Crippen molar-refractivity contribution in [2.24, 2.45) is 0 Å². The lowest BCUT2D eigenvalue weighted by atomic mass is 9.35. The van der Waals surface area contributed by atoms with E-state index in [4.69, 9.17) is 0 Å². The Morgan fingerprint density at radius 3 is 2.64 bits per heavy atom. The molecular weight excluding hydrogens is 351 g/mol. The molecule has 0 bridgehead atoms. The van der Waals surface area contributed by atoms with Crippen LogP contribution in [0.2, 0.25) is 0 Å². The minimum absolute atomic E-state index is 0.157. The van der Waals surface area contributed by atoms with Crippen molar-refractivity contribution in [2.75, 3.05) is 4.90 Å². The van der Waals surface area contributed by atoms with Crippen molar-refractivity contribution < 1.29 is 8.78 Å². The van der Waals surface area contributed by atoms with Gasteiger partial charge in [0.15, 0.2) is 0 Å². The molecule has 132 valence electrons. The van der Waals surface area contributed by atoms with Gasteiger partial charge in [0.2, 0.25) is 6.71 Å². The highest BCUT2D eigenvalue weighted by Crippen LogP contribution is 2.50. The average molecular weight is 365 g/mol. The molecular formula is C24H14BF2N.